The molecule has 240 valence electrons. The molecule has 4 rings (SSSR count). The van der Waals surface area contributed by atoms with E-state index in [0.29, 0.717) is 17.0 Å². The Morgan fingerprint density at radius 3 is 2.55 bits per heavy atom. The summed E-state index contributed by atoms with van der Waals surface area (Å²) >= 11 is 5.82. The number of carbonyl (C=O) groups is 1. The number of halogens is 5. The van der Waals surface area contributed by atoms with Gasteiger partial charge in [0.05, 0.1) is 17.7 Å². The SMILES string of the molecule is CC(C)OC(=O)[C@H](C)NP(=O)(OC[C@@]1(C(F)F)O[C@@H](n2cc(Cl)c(N)nc2=O)[C@H](O)C1(F)F)Oc1cccc2ccccc12. The summed E-state index contributed by atoms with van der Waals surface area (Å²) in [6, 6.07) is 9.68. The van der Waals surface area contributed by atoms with Gasteiger partial charge in [-0.25, -0.2) is 18.1 Å². The topological polar surface area (TPSA) is 164 Å². The van der Waals surface area contributed by atoms with Gasteiger partial charge in [-0.3, -0.25) is 13.9 Å². The van der Waals surface area contributed by atoms with Crippen molar-refractivity contribution in [2.75, 3.05) is 12.3 Å². The van der Waals surface area contributed by atoms with E-state index in [9.17, 15) is 28.0 Å². The molecule has 2 aromatic carbocycles. The van der Waals surface area contributed by atoms with E-state index in [1.165, 1.54) is 32.9 Å². The van der Waals surface area contributed by atoms with Crippen molar-refractivity contribution in [3.05, 3.63) is 64.2 Å². The van der Waals surface area contributed by atoms with Crippen molar-refractivity contribution in [1.82, 2.24) is 14.6 Å². The van der Waals surface area contributed by atoms with Crippen molar-refractivity contribution < 1.29 is 50.5 Å². The first-order valence-electron chi connectivity index (χ1n) is 13.0. The number of nitrogens with zero attached hydrogens (tertiary/aromatic N) is 2. The van der Waals surface area contributed by atoms with Crippen LogP contribution in [0.1, 0.15) is 27.0 Å². The summed E-state index contributed by atoms with van der Waals surface area (Å²) in [6.45, 7) is 2.41. The van der Waals surface area contributed by atoms with Crippen molar-refractivity contribution >= 4 is 41.9 Å². The number of aromatic nitrogens is 2. The molecule has 18 heteroatoms. The number of nitrogens with two attached hydrogens (primary N) is 1. The number of anilines is 1. The van der Waals surface area contributed by atoms with Crippen molar-refractivity contribution in [1.29, 1.82) is 0 Å². The number of nitrogen functional groups attached to an aromatic ring is 1. The second-order valence-electron chi connectivity index (χ2n) is 10.1. The monoisotopic (exact) mass is 666 g/mol. The third-order valence-corrected chi connectivity index (χ3v) is 8.47. The summed E-state index contributed by atoms with van der Waals surface area (Å²) in [4.78, 5) is 28.1. The number of carbonyl (C=O) groups excluding carboxylic acids is 1. The highest BCUT2D eigenvalue weighted by Gasteiger charge is 2.74. The average molecular weight is 667 g/mol. The van der Waals surface area contributed by atoms with Crippen LogP contribution in [0.25, 0.3) is 10.8 Å². The van der Waals surface area contributed by atoms with Crippen LogP contribution in [0.2, 0.25) is 5.02 Å². The molecular weight excluding hydrogens is 639 g/mol. The van der Waals surface area contributed by atoms with E-state index < -0.39 is 79.3 Å². The minimum Gasteiger partial charge on any atom is -0.462 e. The van der Waals surface area contributed by atoms with Crippen LogP contribution in [0.5, 0.6) is 5.75 Å². The van der Waals surface area contributed by atoms with E-state index in [1.807, 2.05) is 0 Å². The van der Waals surface area contributed by atoms with E-state index in [-0.39, 0.29) is 10.3 Å². The first-order valence-corrected chi connectivity index (χ1v) is 14.9. The van der Waals surface area contributed by atoms with Crippen LogP contribution < -0.4 is 21.0 Å². The van der Waals surface area contributed by atoms with Gasteiger partial charge in [0.15, 0.2) is 12.3 Å². The third-order valence-electron chi connectivity index (χ3n) is 6.57. The largest absolute Gasteiger partial charge is 0.462 e. The molecule has 1 aliphatic heterocycles. The maximum Gasteiger partial charge on any atom is 0.459 e. The summed E-state index contributed by atoms with van der Waals surface area (Å²) in [5, 5.41) is 13.2. The summed E-state index contributed by atoms with van der Waals surface area (Å²) in [6.07, 6.45) is -9.54. The fraction of sp³-hybridized carbons (Fsp3) is 0.423. The number of esters is 1. The Bertz CT molecular complexity index is 1640. The molecular formula is C26H28ClF4N4O8P. The first kappa shape index (κ1) is 33.6. The highest BCUT2D eigenvalue weighted by atomic mass is 35.5. The molecule has 1 saturated heterocycles. The predicted octanol–water partition coefficient (Wildman–Crippen LogP) is 4.29. The average Bonchev–Trinajstić information content (AvgIpc) is 3.15. The van der Waals surface area contributed by atoms with E-state index >= 15 is 8.78 Å². The number of aliphatic hydroxyl groups excluding tert-OH is 1. The maximum absolute atomic E-state index is 15.5. The molecule has 12 nitrogen and oxygen atoms in total. The predicted molar refractivity (Wildman–Crippen MR) is 150 cm³/mol. The molecule has 3 aromatic rings. The molecule has 0 saturated carbocycles. The van der Waals surface area contributed by atoms with Gasteiger partial charge in [-0.15, -0.1) is 0 Å². The molecule has 0 amide bonds. The highest BCUT2D eigenvalue weighted by Crippen LogP contribution is 2.55. The van der Waals surface area contributed by atoms with Crippen molar-refractivity contribution in [2.24, 2.45) is 0 Å². The highest BCUT2D eigenvalue weighted by molar-refractivity contribution is 7.52. The third kappa shape index (κ3) is 6.41. The van der Waals surface area contributed by atoms with Crippen LogP contribution in [0.4, 0.5) is 23.4 Å². The zero-order valence-corrected chi connectivity index (χ0v) is 25.0. The number of benzene rings is 2. The lowest BCUT2D eigenvalue weighted by Gasteiger charge is -2.34. The molecule has 0 radical (unpaired) electrons. The minimum absolute atomic E-state index is 0.111. The Balaban J connectivity index is 1.72. The lowest BCUT2D eigenvalue weighted by molar-refractivity contribution is -0.242. The van der Waals surface area contributed by atoms with E-state index in [2.05, 4.69) is 10.1 Å². The number of rotatable bonds is 11. The van der Waals surface area contributed by atoms with E-state index in [0.717, 1.165) is 0 Å². The molecule has 5 atom stereocenters. The number of alkyl halides is 4. The number of aliphatic hydroxyl groups is 1. The second kappa shape index (κ2) is 12.6. The lowest BCUT2D eigenvalue weighted by Crippen LogP contribution is -2.57. The van der Waals surface area contributed by atoms with E-state index in [4.69, 9.17) is 35.9 Å². The van der Waals surface area contributed by atoms with E-state index in [1.54, 1.807) is 30.3 Å². The lowest BCUT2D eigenvalue weighted by atomic mass is 9.95. The molecule has 1 aliphatic rings. The summed E-state index contributed by atoms with van der Waals surface area (Å²) in [7, 11) is -5.02. The molecule has 2 heterocycles. The Morgan fingerprint density at radius 2 is 1.89 bits per heavy atom. The molecule has 0 bridgehead atoms. The zero-order chi connectivity index (χ0) is 32.6. The molecule has 0 spiro atoms. The standard InChI is InChI=1S/C26H28ClF4N4O8P/c1-13(2)41-22(37)14(3)34-44(39,43-18-10-6-8-15-7-4-5-9-16(15)18)40-12-25(23(28)29)26(30,31)19(36)21(42-25)35-11-17(27)20(32)33-24(35)38/h4-11,13-14,19,21,23,36H,12H2,1-3H3,(H,34,39)(H2,32,33,38)/t14-,19-,21+,25-,44?/m0/s1. The van der Waals surface area contributed by atoms with Gasteiger partial charge in [-0.1, -0.05) is 48.0 Å². The Morgan fingerprint density at radius 1 is 1.23 bits per heavy atom. The van der Waals surface area contributed by atoms with Crippen LogP contribution in [-0.4, -0.2) is 63.4 Å². The fourth-order valence-corrected chi connectivity index (χ4v) is 6.01. The minimum atomic E-state index is -5.02. The van der Waals surface area contributed by atoms with Gasteiger partial charge in [0.1, 0.15) is 17.6 Å². The number of hydrogen-bond donors (Lipinski definition) is 3. The Kier molecular flexibility index (Phi) is 9.64. The molecule has 1 unspecified atom stereocenters. The van der Waals surface area contributed by atoms with Crippen LogP contribution in [0.15, 0.2) is 53.5 Å². The van der Waals surface area contributed by atoms with Crippen molar-refractivity contribution in [3.8, 4) is 5.75 Å². The zero-order valence-electron chi connectivity index (χ0n) is 23.3. The Labute approximate surface area is 252 Å². The number of nitrogens with one attached hydrogen (secondary N) is 1. The molecule has 1 aromatic heterocycles. The van der Waals surface area contributed by atoms with Gasteiger partial charge < -0.3 is 24.8 Å². The number of ether oxygens (including phenoxy) is 2. The normalized spacial score (nSPS) is 23.5. The van der Waals surface area contributed by atoms with Gasteiger partial charge in [-0.05, 0) is 32.2 Å². The Hall–Kier alpha value is -3.27. The van der Waals surface area contributed by atoms with Crippen LogP contribution in [0.3, 0.4) is 0 Å². The summed E-state index contributed by atoms with van der Waals surface area (Å²) in [5.74, 6) is -6.37. The summed E-state index contributed by atoms with van der Waals surface area (Å²) < 4.78 is 95.4. The molecule has 4 N–H and O–H groups in total. The first-order chi connectivity index (χ1) is 20.5. The second-order valence-corrected chi connectivity index (χ2v) is 12.2. The molecule has 1 fully saturated rings. The van der Waals surface area contributed by atoms with Crippen LogP contribution in [0, 0.1) is 0 Å². The molecule has 44 heavy (non-hydrogen) atoms. The molecule has 0 aliphatic carbocycles. The van der Waals surface area contributed by atoms with Gasteiger partial charge in [-0.2, -0.15) is 18.9 Å². The van der Waals surface area contributed by atoms with Crippen LogP contribution in [-0.2, 0) is 23.4 Å². The maximum atomic E-state index is 15.5. The summed E-state index contributed by atoms with van der Waals surface area (Å²) in [5.41, 5.74) is 0.0859. The van der Waals surface area contributed by atoms with Crippen molar-refractivity contribution in [3.63, 3.8) is 0 Å². The van der Waals surface area contributed by atoms with Crippen LogP contribution >= 0.6 is 19.3 Å². The van der Waals surface area contributed by atoms with Crippen molar-refractivity contribution in [2.45, 2.75) is 63.2 Å². The van der Waals surface area contributed by atoms with Gasteiger partial charge in [0.2, 0.25) is 5.60 Å². The smallest absolute Gasteiger partial charge is 0.459 e. The number of hydrogen-bond acceptors (Lipinski definition) is 10. The van der Waals surface area contributed by atoms with Gasteiger partial charge >= 0.3 is 25.3 Å². The van der Waals surface area contributed by atoms with Gasteiger partial charge in [0, 0.05) is 11.6 Å². The fourth-order valence-electron chi connectivity index (χ4n) is 4.33. The number of fused-ring (bicyclic) bond motifs is 1. The quantitative estimate of drug-likeness (QED) is 0.152. The van der Waals surface area contributed by atoms with Gasteiger partial charge in [0.25, 0.3) is 6.43 Å².